The highest BCUT2D eigenvalue weighted by molar-refractivity contribution is 5.98. The van der Waals surface area contributed by atoms with Crippen LogP contribution in [-0.4, -0.2) is 50.0 Å². The number of hydrogen-bond donors (Lipinski definition) is 0. The molecular formula is C32H37NO5. The van der Waals surface area contributed by atoms with Crippen molar-refractivity contribution < 1.29 is 23.7 Å². The number of carbonyl (C=O) groups excluding carboxylic acids is 1. The largest absolute Gasteiger partial charge is 0.490 e. The summed E-state index contributed by atoms with van der Waals surface area (Å²) < 4.78 is 22.8. The maximum atomic E-state index is 11.6. The van der Waals surface area contributed by atoms with E-state index in [1.54, 1.807) is 0 Å². The molecule has 0 aromatic heterocycles. The summed E-state index contributed by atoms with van der Waals surface area (Å²) in [7, 11) is 0. The Hall–Kier alpha value is -3.77. The Balaban J connectivity index is 1.61. The van der Waals surface area contributed by atoms with Crippen LogP contribution >= 0.6 is 0 Å². The van der Waals surface area contributed by atoms with Crippen molar-refractivity contribution in [2.45, 2.75) is 40.2 Å². The zero-order valence-corrected chi connectivity index (χ0v) is 22.7. The fourth-order valence-corrected chi connectivity index (χ4v) is 4.76. The zero-order valence-electron chi connectivity index (χ0n) is 22.7. The molecule has 0 aliphatic carbocycles. The van der Waals surface area contributed by atoms with Gasteiger partial charge in [-0.1, -0.05) is 69.3 Å². The van der Waals surface area contributed by atoms with Gasteiger partial charge in [-0.2, -0.15) is 0 Å². The van der Waals surface area contributed by atoms with Crippen LogP contribution in [0.25, 0.3) is 11.1 Å². The number of nitrogens with zero attached hydrogens (tertiary/aromatic N) is 1. The number of likely N-dealkylation sites (N-methyl/N-ethyl adjacent to an activating group) is 1. The Kier molecular flexibility index (Phi) is 9.44. The average Bonchev–Trinajstić information content (AvgIpc) is 3.42. The molecule has 0 saturated carbocycles. The SMILES string of the molecule is CC/C(=C(\c1ccccc1)c1ccc(OCC(CN(CC)CC)OC(C)=O)cc1)c1ccc2c(c1)OCO2. The number of hydrogen-bond acceptors (Lipinski definition) is 6. The van der Waals surface area contributed by atoms with Gasteiger partial charge < -0.3 is 23.8 Å². The molecule has 1 heterocycles. The van der Waals surface area contributed by atoms with E-state index in [2.05, 4.69) is 74.2 Å². The molecule has 1 unspecified atom stereocenters. The molecule has 0 fully saturated rings. The quantitative estimate of drug-likeness (QED) is 0.204. The molecule has 1 atom stereocenters. The van der Waals surface area contributed by atoms with E-state index < -0.39 is 0 Å². The first-order valence-corrected chi connectivity index (χ1v) is 13.3. The number of rotatable bonds is 12. The number of fused-ring (bicyclic) bond motifs is 1. The highest BCUT2D eigenvalue weighted by Crippen LogP contribution is 2.39. The van der Waals surface area contributed by atoms with E-state index in [9.17, 15) is 4.79 Å². The summed E-state index contributed by atoms with van der Waals surface area (Å²) in [5.74, 6) is 1.99. The Morgan fingerprint density at radius 2 is 1.53 bits per heavy atom. The van der Waals surface area contributed by atoms with E-state index in [0.29, 0.717) is 13.2 Å². The van der Waals surface area contributed by atoms with Crippen molar-refractivity contribution in [2.75, 3.05) is 33.0 Å². The zero-order chi connectivity index (χ0) is 26.9. The molecule has 4 rings (SSSR count). The van der Waals surface area contributed by atoms with Crippen molar-refractivity contribution in [3.63, 3.8) is 0 Å². The van der Waals surface area contributed by atoms with Gasteiger partial charge in [-0.15, -0.1) is 0 Å². The molecule has 1 aliphatic rings. The molecule has 0 amide bonds. The highest BCUT2D eigenvalue weighted by Gasteiger charge is 2.19. The van der Waals surface area contributed by atoms with E-state index in [-0.39, 0.29) is 18.9 Å². The van der Waals surface area contributed by atoms with Crippen LogP contribution in [0.1, 0.15) is 50.8 Å². The second kappa shape index (κ2) is 13.2. The van der Waals surface area contributed by atoms with E-state index in [0.717, 1.165) is 59.0 Å². The lowest BCUT2D eigenvalue weighted by Gasteiger charge is -2.25. The molecule has 6 nitrogen and oxygen atoms in total. The number of ether oxygens (including phenoxy) is 4. The Bertz CT molecular complexity index is 1230. The smallest absolute Gasteiger partial charge is 0.303 e. The Morgan fingerprint density at radius 3 is 2.18 bits per heavy atom. The van der Waals surface area contributed by atoms with Crippen LogP contribution in [0.2, 0.25) is 0 Å². The van der Waals surface area contributed by atoms with Crippen LogP contribution in [0.5, 0.6) is 17.2 Å². The molecule has 0 saturated heterocycles. The topological polar surface area (TPSA) is 57.2 Å². The van der Waals surface area contributed by atoms with Gasteiger partial charge in [-0.3, -0.25) is 4.79 Å². The number of esters is 1. The first-order chi connectivity index (χ1) is 18.5. The van der Waals surface area contributed by atoms with Crippen LogP contribution in [-0.2, 0) is 9.53 Å². The maximum Gasteiger partial charge on any atom is 0.303 e. The average molecular weight is 516 g/mol. The molecule has 200 valence electrons. The van der Waals surface area contributed by atoms with Crippen LogP contribution in [0.3, 0.4) is 0 Å². The molecule has 0 bridgehead atoms. The predicted octanol–water partition coefficient (Wildman–Crippen LogP) is 6.44. The first kappa shape index (κ1) is 27.3. The molecule has 0 spiro atoms. The van der Waals surface area contributed by atoms with Gasteiger partial charge in [0, 0.05) is 13.5 Å². The summed E-state index contributed by atoms with van der Waals surface area (Å²) in [5, 5.41) is 0. The number of allylic oxidation sites excluding steroid dienone is 1. The normalized spacial score (nSPS) is 13.7. The van der Waals surface area contributed by atoms with Gasteiger partial charge in [0.1, 0.15) is 18.5 Å². The van der Waals surface area contributed by atoms with Crippen LogP contribution in [0.15, 0.2) is 72.8 Å². The lowest BCUT2D eigenvalue weighted by Crippen LogP contribution is -2.38. The van der Waals surface area contributed by atoms with Crippen LogP contribution < -0.4 is 14.2 Å². The van der Waals surface area contributed by atoms with E-state index in [1.807, 2.05) is 24.3 Å². The third-order valence-corrected chi connectivity index (χ3v) is 6.71. The van der Waals surface area contributed by atoms with Crippen molar-refractivity contribution in [2.24, 2.45) is 0 Å². The standard InChI is InChI=1S/C32H37NO5/c1-5-29(26-15-18-30-31(19-26)37-22-36-30)32(24-11-9-8-10-12-24)25-13-16-27(17-14-25)35-21-28(38-23(4)34)20-33(6-2)7-3/h8-19,28H,5-7,20-22H2,1-4H3/b32-29-. The van der Waals surface area contributed by atoms with Crippen molar-refractivity contribution in [3.8, 4) is 17.2 Å². The first-order valence-electron chi connectivity index (χ1n) is 13.3. The molecule has 38 heavy (non-hydrogen) atoms. The fraction of sp³-hybridized carbons (Fsp3) is 0.344. The maximum absolute atomic E-state index is 11.6. The summed E-state index contributed by atoms with van der Waals surface area (Å²) in [6.45, 7) is 10.8. The minimum Gasteiger partial charge on any atom is -0.490 e. The van der Waals surface area contributed by atoms with Gasteiger partial charge in [0.05, 0.1) is 0 Å². The molecule has 3 aromatic rings. The van der Waals surface area contributed by atoms with Gasteiger partial charge in [0.2, 0.25) is 6.79 Å². The second-order valence-corrected chi connectivity index (χ2v) is 9.19. The summed E-state index contributed by atoms with van der Waals surface area (Å²) in [6.07, 6.45) is 0.516. The van der Waals surface area contributed by atoms with Crippen molar-refractivity contribution in [1.82, 2.24) is 4.90 Å². The third kappa shape index (κ3) is 6.75. The van der Waals surface area contributed by atoms with Crippen molar-refractivity contribution in [3.05, 3.63) is 89.5 Å². The Morgan fingerprint density at radius 1 is 0.868 bits per heavy atom. The third-order valence-electron chi connectivity index (χ3n) is 6.71. The molecular weight excluding hydrogens is 478 g/mol. The minimum atomic E-state index is -0.329. The van der Waals surface area contributed by atoms with E-state index in [1.165, 1.54) is 12.5 Å². The molecule has 1 aliphatic heterocycles. The van der Waals surface area contributed by atoms with Crippen LogP contribution in [0.4, 0.5) is 0 Å². The number of benzene rings is 3. The minimum absolute atomic E-state index is 0.254. The fourth-order valence-electron chi connectivity index (χ4n) is 4.76. The monoisotopic (exact) mass is 515 g/mol. The molecule has 3 aromatic carbocycles. The second-order valence-electron chi connectivity index (χ2n) is 9.19. The highest BCUT2D eigenvalue weighted by atomic mass is 16.7. The molecule has 0 N–H and O–H groups in total. The Labute approximate surface area is 225 Å². The molecule has 0 radical (unpaired) electrons. The van der Waals surface area contributed by atoms with Gasteiger partial charge in [0.15, 0.2) is 11.5 Å². The summed E-state index contributed by atoms with van der Waals surface area (Å²) in [4.78, 5) is 13.9. The van der Waals surface area contributed by atoms with Gasteiger partial charge in [0.25, 0.3) is 0 Å². The lowest BCUT2D eigenvalue weighted by molar-refractivity contribution is -0.148. The summed E-state index contributed by atoms with van der Waals surface area (Å²) in [6, 6.07) is 24.7. The number of carbonyl (C=O) groups is 1. The lowest BCUT2D eigenvalue weighted by atomic mass is 9.88. The van der Waals surface area contributed by atoms with E-state index in [4.69, 9.17) is 18.9 Å². The van der Waals surface area contributed by atoms with Crippen molar-refractivity contribution in [1.29, 1.82) is 0 Å². The van der Waals surface area contributed by atoms with E-state index >= 15 is 0 Å². The van der Waals surface area contributed by atoms with Crippen LogP contribution in [0, 0.1) is 0 Å². The predicted molar refractivity (Wildman–Crippen MR) is 150 cm³/mol. The summed E-state index contributed by atoms with van der Waals surface area (Å²) >= 11 is 0. The van der Waals surface area contributed by atoms with Crippen molar-refractivity contribution >= 4 is 17.1 Å². The van der Waals surface area contributed by atoms with Gasteiger partial charge in [-0.05, 0) is 71.6 Å². The summed E-state index contributed by atoms with van der Waals surface area (Å²) in [5.41, 5.74) is 5.73. The van der Waals surface area contributed by atoms with Gasteiger partial charge >= 0.3 is 5.97 Å². The molecule has 6 heteroatoms. The van der Waals surface area contributed by atoms with Gasteiger partial charge in [-0.25, -0.2) is 0 Å².